The maximum atomic E-state index is 13.1. The Hall–Kier alpha value is -1.62. The standard InChI is InChI=1S/C13H16FNO3/c1-8(13(17)18)10-6-15(7-10)5-9-2-11(14)4-12(16)3-9/h2-4,8,10,16H,5-7H2,1H3,(H,17,18). The number of likely N-dealkylation sites (tertiary alicyclic amines) is 1. The van der Waals surface area contributed by atoms with E-state index in [9.17, 15) is 14.3 Å². The summed E-state index contributed by atoms with van der Waals surface area (Å²) in [6.07, 6.45) is 0. The minimum absolute atomic E-state index is 0.0824. The van der Waals surface area contributed by atoms with E-state index in [1.54, 1.807) is 6.92 Å². The number of rotatable bonds is 4. The van der Waals surface area contributed by atoms with E-state index in [2.05, 4.69) is 0 Å². The van der Waals surface area contributed by atoms with Crippen molar-refractivity contribution < 1.29 is 19.4 Å². The van der Waals surface area contributed by atoms with Gasteiger partial charge in [0, 0.05) is 25.7 Å². The molecule has 1 fully saturated rings. The van der Waals surface area contributed by atoms with Gasteiger partial charge in [-0.2, -0.15) is 0 Å². The number of hydrogen-bond donors (Lipinski definition) is 2. The lowest BCUT2D eigenvalue weighted by Gasteiger charge is -2.41. The van der Waals surface area contributed by atoms with Crippen molar-refractivity contribution in [1.29, 1.82) is 0 Å². The van der Waals surface area contributed by atoms with E-state index in [0.29, 0.717) is 25.2 Å². The highest BCUT2D eigenvalue weighted by molar-refractivity contribution is 5.70. The molecule has 4 nitrogen and oxygen atoms in total. The van der Waals surface area contributed by atoms with Crippen molar-refractivity contribution in [3.8, 4) is 5.75 Å². The second-order valence-electron chi connectivity index (χ2n) is 4.90. The fourth-order valence-corrected chi connectivity index (χ4v) is 2.24. The maximum Gasteiger partial charge on any atom is 0.306 e. The first kappa shape index (κ1) is 12.8. The molecule has 0 aliphatic carbocycles. The van der Waals surface area contributed by atoms with Crippen molar-refractivity contribution in [3.05, 3.63) is 29.6 Å². The number of hydrogen-bond acceptors (Lipinski definition) is 3. The number of halogens is 1. The van der Waals surface area contributed by atoms with Gasteiger partial charge in [-0.15, -0.1) is 0 Å². The lowest BCUT2D eigenvalue weighted by Crippen LogP contribution is -2.50. The molecule has 1 atom stereocenters. The van der Waals surface area contributed by atoms with Gasteiger partial charge in [0.05, 0.1) is 5.92 Å². The molecule has 2 N–H and O–H groups in total. The van der Waals surface area contributed by atoms with Gasteiger partial charge in [-0.25, -0.2) is 4.39 Å². The first-order valence-electron chi connectivity index (χ1n) is 5.89. The molecule has 0 amide bonds. The number of nitrogens with zero attached hydrogens (tertiary/aromatic N) is 1. The van der Waals surface area contributed by atoms with Gasteiger partial charge in [0.1, 0.15) is 11.6 Å². The van der Waals surface area contributed by atoms with Gasteiger partial charge in [0.2, 0.25) is 0 Å². The fourth-order valence-electron chi connectivity index (χ4n) is 2.24. The Morgan fingerprint density at radius 3 is 2.72 bits per heavy atom. The largest absolute Gasteiger partial charge is 0.508 e. The van der Waals surface area contributed by atoms with Crippen LogP contribution in [0.2, 0.25) is 0 Å². The van der Waals surface area contributed by atoms with E-state index < -0.39 is 11.8 Å². The monoisotopic (exact) mass is 253 g/mol. The van der Waals surface area contributed by atoms with Crippen molar-refractivity contribution in [2.45, 2.75) is 13.5 Å². The van der Waals surface area contributed by atoms with E-state index in [0.717, 1.165) is 6.07 Å². The molecule has 0 spiro atoms. The first-order chi connectivity index (χ1) is 8.45. The van der Waals surface area contributed by atoms with Crippen LogP contribution in [0.15, 0.2) is 18.2 Å². The van der Waals surface area contributed by atoms with Crippen LogP contribution in [0, 0.1) is 17.7 Å². The molecule has 5 heteroatoms. The molecule has 0 radical (unpaired) electrons. The zero-order valence-electron chi connectivity index (χ0n) is 10.1. The number of phenols is 1. The van der Waals surface area contributed by atoms with E-state index in [1.807, 2.05) is 4.90 Å². The average molecular weight is 253 g/mol. The summed E-state index contributed by atoms with van der Waals surface area (Å²) >= 11 is 0. The molecular formula is C13H16FNO3. The van der Waals surface area contributed by atoms with E-state index >= 15 is 0 Å². The van der Waals surface area contributed by atoms with Crippen LogP contribution in [-0.4, -0.2) is 34.2 Å². The Bertz CT molecular complexity index is 437. The topological polar surface area (TPSA) is 60.8 Å². The fraction of sp³-hybridized carbons (Fsp3) is 0.462. The van der Waals surface area contributed by atoms with Crippen LogP contribution in [0.4, 0.5) is 4.39 Å². The van der Waals surface area contributed by atoms with Gasteiger partial charge >= 0.3 is 5.97 Å². The number of aromatic hydroxyl groups is 1. The number of aliphatic carboxylic acids is 1. The minimum Gasteiger partial charge on any atom is -0.508 e. The number of benzene rings is 1. The second-order valence-corrected chi connectivity index (χ2v) is 4.90. The number of carboxylic acid groups (broad SMARTS) is 1. The van der Waals surface area contributed by atoms with Crippen LogP contribution in [0.25, 0.3) is 0 Å². The smallest absolute Gasteiger partial charge is 0.306 e. The zero-order chi connectivity index (χ0) is 13.3. The normalized spacial score (nSPS) is 18.3. The number of phenolic OH excluding ortho intramolecular Hbond substituents is 1. The van der Waals surface area contributed by atoms with Crippen LogP contribution < -0.4 is 0 Å². The summed E-state index contributed by atoms with van der Waals surface area (Å²) in [6.45, 7) is 3.64. The van der Waals surface area contributed by atoms with Gasteiger partial charge in [-0.05, 0) is 23.6 Å². The molecule has 18 heavy (non-hydrogen) atoms. The summed E-state index contributed by atoms with van der Waals surface area (Å²) in [7, 11) is 0. The van der Waals surface area contributed by atoms with Gasteiger partial charge < -0.3 is 10.2 Å². The van der Waals surface area contributed by atoms with Crippen LogP contribution in [0.1, 0.15) is 12.5 Å². The van der Waals surface area contributed by atoms with Gasteiger partial charge in [0.15, 0.2) is 0 Å². The van der Waals surface area contributed by atoms with E-state index in [4.69, 9.17) is 5.11 Å². The summed E-state index contributed by atoms with van der Waals surface area (Å²) in [5.41, 5.74) is 0.703. The Morgan fingerprint density at radius 2 is 2.17 bits per heavy atom. The van der Waals surface area contributed by atoms with Crippen molar-refractivity contribution in [3.63, 3.8) is 0 Å². The van der Waals surface area contributed by atoms with Crippen molar-refractivity contribution in [2.75, 3.05) is 13.1 Å². The molecule has 1 aliphatic rings. The summed E-state index contributed by atoms with van der Waals surface area (Å²) < 4.78 is 13.1. The van der Waals surface area contributed by atoms with Crippen LogP contribution in [-0.2, 0) is 11.3 Å². The quantitative estimate of drug-likeness (QED) is 0.857. The third-order valence-corrected chi connectivity index (χ3v) is 3.43. The van der Waals surface area contributed by atoms with Crippen molar-refractivity contribution in [2.24, 2.45) is 11.8 Å². The Balaban J connectivity index is 1.88. The minimum atomic E-state index is -0.775. The highest BCUT2D eigenvalue weighted by Crippen LogP contribution is 2.26. The van der Waals surface area contributed by atoms with E-state index in [1.165, 1.54) is 12.1 Å². The lowest BCUT2D eigenvalue weighted by atomic mass is 9.87. The molecule has 98 valence electrons. The van der Waals surface area contributed by atoms with Crippen LogP contribution in [0.3, 0.4) is 0 Å². The summed E-state index contributed by atoms with van der Waals surface area (Å²) in [5, 5.41) is 18.1. The molecule has 1 unspecified atom stereocenters. The molecule has 1 saturated heterocycles. The molecule has 0 bridgehead atoms. The Morgan fingerprint density at radius 1 is 1.50 bits per heavy atom. The van der Waals surface area contributed by atoms with Crippen LogP contribution in [0.5, 0.6) is 5.75 Å². The van der Waals surface area contributed by atoms with Gasteiger partial charge in [-0.3, -0.25) is 9.69 Å². The molecule has 1 aromatic rings. The predicted octanol–water partition coefficient (Wildman–Crippen LogP) is 1.68. The van der Waals surface area contributed by atoms with Gasteiger partial charge in [-0.1, -0.05) is 6.92 Å². The Labute approximate surface area is 105 Å². The van der Waals surface area contributed by atoms with Crippen molar-refractivity contribution in [1.82, 2.24) is 4.90 Å². The number of carbonyl (C=O) groups is 1. The number of carboxylic acids is 1. The Kier molecular flexibility index (Phi) is 3.52. The molecular weight excluding hydrogens is 237 g/mol. The third kappa shape index (κ3) is 2.79. The second kappa shape index (κ2) is 4.94. The lowest BCUT2D eigenvalue weighted by molar-refractivity contribution is -0.145. The molecule has 1 heterocycles. The van der Waals surface area contributed by atoms with Crippen LogP contribution >= 0.6 is 0 Å². The highest BCUT2D eigenvalue weighted by Gasteiger charge is 2.34. The molecule has 0 aromatic heterocycles. The predicted molar refractivity (Wildman–Crippen MR) is 63.6 cm³/mol. The zero-order valence-corrected chi connectivity index (χ0v) is 10.1. The SMILES string of the molecule is CC(C(=O)O)C1CN(Cc2cc(O)cc(F)c2)C1. The van der Waals surface area contributed by atoms with E-state index in [-0.39, 0.29) is 17.6 Å². The van der Waals surface area contributed by atoms with Gasteiger partial charge in [0.25, 0.3) is 0 Å². The average Bonchev–Trinajstić information content (AvgIpc) is 2.20. The maximum absolute atomic E-state index is 13.1. The molecule has 0 saturated carbocycles. The molecule has 1 aromatic carbocycles. The molecule has 1 aliphatic heterocycles. The summed E-state index contributed by atoms with van der Waals surface area (Å²) in [6, 6.07) is 3.97. The first-order valence-corrected chi connectivity index (χ1v) is 5.89. The van der Waals surface area contributed by atoms with Crippen molar-refractivity contribution >= 4 is 5.97 Å². The summed E-state index contributed by atoms with van der Waals surface area (Å²) in [5.74, 6) is -1.50. The molecule has 2 rings (SSSR count). The third-order valence-electron chi connectivity index (χ3n) is 3.43. The highest BCUT2D eigenvalue weighted by atomic mass is 19.1. The summed E-state index contributed by atoms with van der Waals surface area (Å²) in [4.78, 5) is 12.8.